The smallest absolute Gasteiger partial charge is 0.142 e. The van der Waals surface area contributed by atoms with Gasteiger partial charge in [0.1, 0.15) is 12.4 Å². The average molecular weight is 126 g/mol. The first kappa shape index (κ1) is 6.49. The average Bonchev–Trinajstić information content (AvgIpc) is 2.62. The maximum atomic E-state index is 9.79. The first-order valence-electron chi connectivity index (χ1n) is 3.16. The van der Waals surface area contributed by atoms with Gasteiger partial charge in [-0.1, -0.05) is 13.0 Å². The third-order valence-corrected chi connectivity index (χ3v) is 1.40. The van der Waals surface area contributed by atoms with E-state index in [0.717, 1.165) is 12.7 Å². The molecule has 2 nitrogen and oxygen atoms in total. The second kappa shape index (κ2) is 2.78. The van der Waals surface area contributed by atoms with E-state index in [2.05, 4.69) is 6.92 Å². The fraction of sp³-hybridized carbons (Fsp3) is 0.571. The lowest BCUT2D eigenvalue weighted by molar-refractivity contribution is -0.104. The van der Waals surface area contributed by atoms with E-state index in [1.165, 1.54) is 6.08 Å². The van der Waals surface area contributed by atoms with Gasteiger partial charge in [-0.3, -0.25) is 4.79 Å². The third kappa shape index (κ3) is 1.64. The number of rotatable bonds is 3. The Labute approximate surface area is 54.5 Å². The van der Waals surface area contributed by atoms with Crippen molar-refractivity contribution < 1.29 is 9.53 Å². The molecule has 2 atom stereocenters. The maximum Gasteiger partial charge on any atom is 0.142 e. The zero-order valence-corrected chi connectivity index (χ0v) is 5.41. The molecule has 0 radical (unpaired) electrons. The molecule has 1 rings (SSSR count). The molecule has 0 aromatic carbocycles. The number of carbonyl (C=O) groups excluding carboxylic acids is 1. The molecule has 50 valence electrons. The van der Waals surface area contributed by atoms with Gasteiger partial charge in [0.2, 0.25) is 0 Å². The van der Waals surface area contributed by atoms with Crippen molar-refractivity contribution in [1.29, 1.82) is 0 Å². The Morgan fingerprint density at radius 1 is 1.67 bits per heavy atom. The summed E-state index contributed by atoms with van der Waals surface area (Å²) < 4.78 is 5.12. The van der Waals surface area contributed by atoms with Crippen LogP contribution < -0.4 is 0 Å². The molecule has 1 heterocycles. The van der Waals surface area contributed by atoms with Crippen molar-refractivity contribution in [3.05, 3.63) is 12.2 Å². The number of allylic oxidation sites excluding steroid dienone is 1. The predicted octanol–water partition coefficient (Wildman–Crippen LogP) is 0.919. The fourth-order valence-electron chi connectivity index (χ4n) is 0.809. The fourth-order valence-corrected chi connectivity index (χ4v) is 0.809. The molecule has 9 heavy (non-hydrogen) atoms. The zero-order valence-electron chi connectivity index (χ0n) is 5.41. The molecule has 0 aliphatic carbocycles. The second-order valence-corrected chi connectivity index (χ2v) is 2.07. The molecular formula is C7H10O2. The molecule has 2 heteroatoms. The number of epoxide rings is 1. The van der Waals surface area contributed by atoms with Gasteiger partial charge in [0.15, 0.2) is 0 Å². The Bertz CT molecular complexity index is 129. The van der Waals surface area contributed by atoms with Crippen molar-refractivity contribution in [2.75, 3.05) is 0 Å². The molecule has 0 spiro atoms. The summed E-state index contributed by atoms with van der Waals surface area (Å²) >= 11 is 0. The van der Waals surface area contributed by atoms with Crippen LogP contribution in [0.3, 0.4) is 0 Å². The monoisotopic (exact) mass is 126 g/mol. The second-order valence-electron chi connectivity index (χ2n) is 2.07. The van der Waals surface area contributed by atoms with Crippen molar-refractivity contribution >= 4 is 6.29 Å². The van der Waals surface area contributed by atoms with Gasteiger partial charge >= 0.3 is 0 Å². The highest BCUT2D eigenvalue weighted by Crippen LogP contribution is 2.25. The summed E-state index contributed by atoms with van der Waals surface area (Å²) in [5, 5.41) is 0. The molecule has 0 saturated carbocycles. The predicted molar refractivity (Wildman–Crippen MR) is 34.2 cm³/mol. The van der Waals surface area contributed by atoms with Crippen LogP contribution in [-0.2, 0) is 9.53 Å². The van der Waals surface area contributed by atoms with E-state index in [4.69, 9.17) is 4.74 Å². The molecule has 1 aliphatic rings. The van der Waals surface area contributed by atoms with Crippen LogP contribution in [0.15, 0.2) is 12.2 Å². The van der Waals surface area contributed by atoms with Crippen LogP contribution in [-0.4, -0.2) is 18.5 Å². The Kier molecular flexibility index (Phi) is 2.01. The van der Waals surface area contributed by atoms with Gasteiger partial charge in [-0.2, -0.15) is 0 Å². The van der Waals surface area contributed by atoms with E-state index in [0.29, 0.717) is 6.10 Å². The SMILES string of the molecule is CCC1OC1C=CC=O. The van der Waals surface area contributed by atoms with Crippen LogP contribution in [0.25, 0.3) is 0 Å². The summed E-state index contributed by atoms with van der Waals surface area (Å²) in [4.78, 5) is 9.79. The molecule has 0 aromatic rings. The Balaban J connectivity index is 2.18. The molecular weight excluding hydrogens is 116 g/mol. The van der Waals surface area contributed by atoms with Gasteiger partial charge in [-0.05, 0) is 12.5 Å². The quantitative estimate of drug-likeness (QED) is 0.319. The largest absolute Gasteiger partial charge is 0.365 e. The van der Waals surface area contributed by atoms with Gasteiger partial charge in [0.05, 0.1) is 6.10 Å². The Hall–Kier alpha value is -0.630. The van der Waals surface area contributed by atoms with E-state index in [-0.39, 0.29) is 6.10 Å². The van der Waals surface area contributed by atoms with Crippen molar-refractivity contribution in [2.45, 2.75) is 25.6 Å². The number of ether oxygens (including phenoxy) is 1. The summed E-state index contributed by atoms with van der Waals surface area (Å²) in [6.45, 7) is 2.07. The van der Waals surface area contributed by atoms with Crippen LogP contribution in [0.5, 0.6) is 0 Å². The van der Waals surface area contributed by atoms with Crippen LogP contribution >= 0.6 is 0 Å². The first-order valence-corrected chi connectivity index (χ1v) is 3.16. The summed E-state index contributed by atoms with van der Waals surface area (Å²) in [6, 6.07) is 0. The third-order valence-electron chi connectivity index (χ3n) is 1.40. The number of hydrogen-bond acceptors (Lipinski definition) is 2. The van der Waals surface area contributed by atoms with E-state index in [1.807, 2.05) is 0 Å². The highest BCUT2D eigenvalue weighted by molar-refractivity contribution is 5.64. The summed E-state index contributed by atoms with van der Waals surface area (Å²) in [5.74, 6) is 0. The Morgan fingerprint density at radius 3 is 2.89 bits per heavy atom. The van der Waals surface area contributed by atoms with E-state index < -0.39 is 0 Å². The summed E-state index contributed by atoms with van der Waals surface area (Å²) in [7, 11) is 0. The van der Waals surface area contributed by atoms with Gasteiger partial charge in [0, 0.05) is 0 Å². The van der Waals surface area contributed by atoms with Crippen molar-refractivity contribution in [1.82, 2.24) is 0 Å². The topological polar surface area (TPSA) is 29.6 Å². The van der Waals surface area contributed by atoms with Gasteiger partial charge in [0.25, 0.3) is 0 Å². The van der Waals surface area contributed by atoms with Gasteiger partial charge < -0.3 is 4.74 Å². The molecule has 0 bridgehead atoms. The minimum Gasteiger partial charge on any atom is -0.365 e. The standard InChI is InChI=1S/C7H10O2/c1-2-6-7(9-6)4-3-5-8/h3-7H,2H2,1H3. The number of aldehydes is 1. The van der Waals surface area contributed by atoms with E-state index >= 15 is 0 Å². The molecule has 1 aliphatic heterocycles. The lowest BCUT2D eigenvalue weighted by atomic mass is 10.2. The summed E-state index contributed by atoms with van der Waals surface area (Å²) in [5.41, 5.74) is 0. The highest BCUT2D eigenvalue weighted by Gasteiger charge is 2.33. The number of carbonyl (C=O) groups is 1. The van der Waals surface area contributed by atoms with Crippen LogP contribution in [0.4, 0.5) is 0 Å². The maximum absolute atomic E-state index is 9.79. The summed E-state index contributed by atoms with van der Waals surface area (Å²) in [6.07, 6.45) is 5.69. The molecule has 0 amide bonds. The van der Waals surface area contributed by atoms with Crippen molar-refractivity contribution in [3.63, 3.8) is 0 Å². The lowest BCUT2D eigenvalue weighted by Crippen LogP contribution is -1.85. The molecule has 0 N–H and O–H groups in total. The Morgan fingerprint density at radius 2 is 2.44 bits per heavy atom. The zero-order chi connectivity index (χ0) is 6.69. The molecule has 2 unspecified atom stereocenters. The van der Waals surface area contributed by atoms with Gasteiger partial charge in [-0.15, -0.1) is 0 Å². The lowest BCUT2D eigenvalue weighted by Gasteiger charge is -1.75. The van der Waals surface area contributed by atoms with Crippen molar-refractivity contribution in [3.8, 4) is 0 Å². The highest BCUT2D eigenvalue weighted by atomic mass is 16.6. The van der Waals surface area contributed by atoms with E-state index in [9.17, 15) is 4.79 Å². The molecule has 1 saturated heterocycles. The molecule has 1 fully saturated rings. The number of hydrogen-bond donors (Lipinski definition) is 0. The van der Waals surface area contributed by atoms with Crippen molar-refractivity contribution in [2.24, 2.45) is 0 Å². The first-order chi connectivity index (χ1) is 4.38. The molecule has 0 aromatic heterocycles. The minimum atomic E-state index is 0.222. The normalized spacial score (nSPS) is 33.0. The minimum absolute atomic E-state index is 0.222. The van der Waals surface area contributed by atoms with Crippen LogP contribution in [0, 0.1) is 0 Å². The van der Waals surface area contributed by atoms with Gasteiger partial charge in [-0.25, -0.2) is 0 Å². The van der Waals surface area contributed by atoms with Crippen LogP contribution in [0.1, 0.15) is 13.3 Å². The van der Waals surface area contributed by atoms with Crippen LogP contribution in [0.2, 0.25) is 0 Å². The van der Waals surface area contributed by atoms with E-state index in [1.54, 1.807) is 6.08 Å².